The minimum absolute atomic E-state index is 0.0856. The van der Waals surface area contributed by atoms with Gasteiger partial charge in [-0.1, -0.05) is 55.8 Å². The van der Waals surface area contributed by atoms with Crippen molar-refractivity contribution < 1.29 is 0 Å². The van der Waals surface area contributed by atoms with E-state index >= 15 is 0 Å². The molecule has 114 valence electrons. The third-order valence-corrected chi connectivity index (χ3v) is 4.20. The summed E-state index contributed by atoms with van der Waals surface area (Å²) < 4.78 is 2.06. The highest BCUT2D eigenvalue weighted by molar-refractivity contribution is 6.30. The molecule has 0 bridgehead atoms. The van der Waals surface area contributed by atoms with Crippen LogP contribution in [-0.4, -0.2) is 34.1 Å². The molecule has 0 radical (unpaired) electrons. The summed E-state index contributed by atoms with van der Waals surface area (Å²) >= 11 is 6.42. The molecule has 0 fully saturated rings. The van der Waals surface area contributed by atoms with Crippen LogP contribution in [0.4, 0.5) is 0 Å². The Labute approximate surface area is 131 Å². The van der Waals surface area contributed by atoms with E-state index in [4.69, 9.17) is 17.3 Å². The zero-order valence-electron chi connectivity index (χ0n) is 12.9. The van der Waals surface area contributed by atoms with Gasteiger partial charge in [-0.15, -0.1) is 0 Å². The van der Waals surface area contributed by atoms with Crippen LogP contribution < -0.4 is 5.73 Å². The molecule has 0 aliphatic carbocycles. The van der Waals surface area contributed by atoms with Crippen LogP contribution in [0.1, 0.15) is 25.6 Å². The highest BCUT2D eigenvalue weighted by Gasteiger charge is 2.25. The number of benzene rings is 1. The Morgan fingerprint density at radius 1 is 1.24 bits per heavy atom. The Morgan fingerprint density at radius 2 is 1.86 bits per heavy atom. The molecule has 0 aliphatic rings. The van der Waals surface area contributed by atoms with Crippen molar-refractivity contribution in [3.05, 3.63) is 41.2 Å². The number of rotatable bonds is 6. The fourth-order valence-electron chi connectivity index (χ4n) is 2.78. The number of aromatic nitrogens is 2. The zero-order valence-corrected chi connectivity index (χ0v) is 13.6. The van der Waals surface area contributed by atoms with Gasteiger partial charge in [0, 0.05) is 19.2 Å². The molecule has 0 saturated heterocycles. The maximum absolute atomic E-state index is 6.42. The van der Waals surface area contributed by atoms with E-state index in [1.54, 1.807) is 0 Å². The molecule has 1 heterocycles. The second-order valence-electron chi connectivity index (χ2n) is 5.01. The van der Waals surface area contributed by atoms with Gasteiger partial charge in [-0.05, 0) is 13.1 Å². The lowest BCUT2D eigenvalue weighted by atomic mass is 10.1. The lowest BCUT2D eigenvalue weighted by Crippen LogP contribution is -2.34. The van der Waals surface area contributed by atoms with Gasteiger partial charge in [0.15, 0.2) is 5.15 Å². The van der Waals surface area contributed by atoms with E-state index in [-0.39, 0.29) is 6.04 Å². The van der Waals surface area contributed by atoms with Crippen molar-refractivity contribution >= 4 is 11.6 Å². The van der Waals surface area contributed by atoms with E-state index in [0.29, 0.717) is 11.7 Å². The topological polar surface area (TPSA) is 47.1 Å². The van der Waals surface area contributed by atoms with Crippen molar-refractivity contribution in [3.8, 4) is 11.4 Å². The molecule has 0 saturated carbocycles. The summed E-state index contributed by atoms with van der Waals surface area (Å²) in [5, 5.41) is 0.540. The van der Waals surface area contributed by atoms with Crippen LogP contribution in [0.2, 0.25) is 5.15 Å². The molecule has 2 aromatic rings. The second-order valence-corrected chi connectivity index (χ2v) is 5.37. The van der Waals surface area contributed by atoms with E-state index in [9.17, 15) is 0 Å². The monoisotopic (exact) mass is 306 g/mol. The molecule has 0 amide bonds. The Balaban J connectivity index is 2.48. The normalized spacial score (nSPS) is 12.9. The third kappa shape index (κ3) is 3.12. The largest absolute Gasteiger partial charge is 0.329 e. The van der Waals surface area contributed by atoms with Gasteiger partial charge in [0.05, 0.1) is 11.7 Å². The molecule has 1 unspecified atom stereocenters. The molecule has 2 rings (SSSR count). The smallest absolute Gasteiger partial charge is 0.152 e. The lowest BCUT2D eigenvalue weighted by molar-refractivity contribution is 0.217. The first-order valence-corrected chi connectivity index (χ1v) is 7.73. The summed E-state index contributed by atoms with van der Waals surface area (Å²) in [6, 6.07) is 10.2. The number of hydrogen-bond donors (Lipinski definition) is 1. The summed E-state index contributed by atoms with van der Waals surface area (Å²) in [7, 11) is 2.00. The number of hydrogen-bond acceptors (Lipinski definition) is 3. The fourth-order valence-corrected chi connectivity index (χ4v) is 3.11. The summed E-state index contributed by atoms with van der Waals surface area (Å²) in [6.45, 7) is 6.65. The predicted octanol–water partition coefficient (Wildman–Crippen LogP) is 3.08. The Morgan fingerprint density at radius 3 is 2.38 bits per heavy atom. The molecule has 2 N–H and O–H groups in total. The van der Waals surface area contributed by atoms with Crippen LogP contribution in [0.5, 0.6) is 0 Å². The Bertz CT molecular complexity index is 575. The van der Waals surface area contributed by atoms with Gasteiger partial charge in [0.2, 0.25) is 0 Å². The predicted molar refractivity (Wildman–Crippen MR) is 88.4 cm³/mol. The maximum Gasteiger partial charge on any atom is 0.152 e. The van der Waals surface area contributed by atoms with Crippen molar-refractivity contribution in [2.75, 3.05) is 19.6 Å². The molecule has 0 aliphatic heterocycles. The Kier molecular flexibility index (Phi) is 5.39. The van der Waals surface area contributed by atoms with Gasteiger partial charge < -0.3 is 10.3 Å². The number of nitrogens with zero attached hydrogens (tertiary/aromatic N) is 3. The van der Waals surface area contributed by atoms with Gasteiger partial charge in [-0.2, -0.15) is 0 Å². The summed E-state index contributed by atoms with van der Waals surface area (Å²) in [6.07, 6.45) is 0. The van der Waals surface area contributed by atoms with Crippen LogP contribution in [0.3, 0.4) is 0 Å². The van der Waals surface area contributed by atoms with Crippen LogP contribution in [0.25, 0.3) is 11.4 Å². The summed E-state index contributed by atoms with van der Waals surface area (Å²) in [4.78, 5) is 6.85. The molecule has 21 heavy (non-hydrogen) atoms. The van der Waals surface area contributed by atoms with Crippen LogP contribution >= 0.6 is 11.6 Å². The molecule has 0 spiro atoms. The van der Waals surface area contributed by atoms with E-state index in [2.05, 4.69) is 28.3 Å². The maximum atomic E-state index is 6.42. The van der Waals surface area contributed by atoms with Crippen LogP contribution in [0, 0.1) is 0 Å². The van der Waals surface area contributed by atoms with Crippen molar-refractivity contribution in [2.45, 2.75) is 19.9 Å². The molecule has 4 nitrogen and oxygen atoms in total. The van der Waals surface area contributed by atoms with Crippen LogP contribution in [0.15, 0.2) is 30.3 Å². The van der Waals surface area contributed by atoms with Crippen molar-refractivity contribution in [1.82, 2.24) is 14.5 Å². The molecule has 1 atom stereocenters. The van der Waals surface area contributed by atoms with E-state index in [1.807, 2.05) is 37.4 Å². The summed E-state index contributed by atoms with van der Waals surface area (Å²) in [5.41, 5.74) is 8.05. The second kappa shape index (κ2) is 7.07. The van der Waals surface area contributed by atoms with E-state index < -0.39 is 0 Å². The van der Waals surface area contributed by atoms with Gasteiger partial charge in [0.1, 0.15) is 5.82 Å². The van der Waals surface area contributed by atoms with Gasteiger partial charge in [-0.3, -0.25) is 4.90 Å². The number of likely N-dealkylation sites (N-methyl/N-ethyl adjacent to an activating group) is 1. The lowest BCUT2D eigenvalue weighted by Gasteiger charge is -2.29. The highest BCUT2D eigenvalue weighted by atomic mass is 35.5. The van der Waals surface area contributed by atoms with Gasteiger partial charge >= 0.3 is 0 Å². The Hall–Kier alpha value is -1.36. The standard InChI is InChI=1S/C16H23ClN4/c1-4-21(5-2)13(11-18)14-15(17)19-16(20(14)3)12-9-7-6-8-10-12/h6-10,13H,4-5,11,18H2,1-3H3. The number of imidazole rings is 1. The van der Waals surface area contributed by atoms with E-state index in [1.165, 1.54) is 0 Å². The molecule has 1 aromatic carbocycles. The first-order chi connectivity index (χ1) is 10.1. The summed E-state index contributed by atoms with van der Waals surface area (Å²) in [5.74, 6) is 0.876. The molecule has 1 aromatic heterocycles. The molecular formula is C16H23ClN4. The highest BCUT2D eigenvalue weighted by Crippen LogP contribution is 2.31. The van der Waals surface area contributed by atoms with Crippen molar-refractivity contribution in [3.63, 3.8) is 0 Å². The van der Waals surface area contributed by atoms with Gasteiger partial charge in [0.25, 0.3) is 0 Å². The van der Waals surface area contributed by atoms with Crippen molar-refractivity contribution in [1.29, 1.82) is 0 Å². The number of nitrogens with two attached hydrogens (primary N) is 1. The van der Waals surface area contributed by atoms with Crippen molar-refractivity contribution in [2.24, 2.45) is 12.8 Å². The van der Waals surface area contributed by atoms with E-state index in [0.717, 1.165) is 30.2 Å². The quantitative estimate of drug-likeness (QED) is 0.892. The molecule has 5 heteroatoms. The average Bonchev–Trinajstić information content (AvgIpc) is 2.81. The number of halogens is 1. The zero-order chi connectivity index (χ0) is 15.4. The SMILES string of the molecule is CCN(CC)C(CN)c1c(Cl)nc(-c2ccccc2)n1C. The first-order valence-electron chi connectivity index (χ1n) is 7.35. The minimum atomic E-state index is 0.0856. The molecular weight excluding hydrogens is 284 g/mol. The first kappa shape index (κ1) is 16.0. The fraction of sp³-hybridized carbons (Fsp3) is 0.438. The van der Waals surface area contributed by atoms with Gasteiger partial charge in [-0.25, -0.2) is 4.98 Å². The minimum Gasteiger partial charge on any atom is -0.329 e. The average molecular weight is 307 g/mol. The van der Waals surface area contributed by atoms with Crippen LogP contribution in [-0.2, 0) is 7.05 Å². The third-order valence-electron chi connectivity index (χ3n) is 3.92.